The molecule has 0 aromatic heterocycles. The summed E-state index contributed by atoms with van der Waals surface area (Å²) < 4.78 is 26.7. The van der Waals surface area contributed by atoms with Crippen molar-refractivity contribution in [2.75, 3.05) is 19.6 Å². The first-order chi connectivity index (χ1) is 11.5. The van der Waals surface area contributed by atoms with Crippen LogP contribution in [0.25, 0.3) is 0 Å². The summed E-state index contributed by atoms with van der Waals surface area (Å²) >= 11 is 0. The van der Waals surface area contributed by atoms with Crippen LogP contribution in [-0.2, 0) is 9.59 Å². The number of benzene rings is 1. The normalized spacial score (nSPS) is 13.9. The molecule has 0 saturated carbocycles. The van der Waals surface area contributed by atoms with Gasteiger partial charge in [0.1, 0.15) is 11.6 Å². The summed E-state index contributed by atoms with van der Waals surface area (Å²) in [5.41, 5.74) is -0.106. The number of halogens is 2. The number of hydrogen-bond acceptors (Lipinski definition) is 2. The van der Waals surface area contributed by atoms with Crippen LogP contribution in [0.2, 0.25) is 0 Å². The van der Waals surface area contributed by atoms with Crippen molar-refractivity contribution in [1.82, 2.24) is 10.6 Å². The SMILES string of the molecule is CC[NH+](CC(=O)N[C@@H](C)c1ccc(F)cc1F)CC(=O)NC(C)(C)C. The zero-order chi connectivity index (χ0) is 19.2. The number of hydrogen-bond donors (Lipinski definition) is 3. The monoisotopic (exact) mass is 356 g/mol. The van der Waals surface area contributed by atoms with E-state index < -0.39 is 17.7 Å². The Morgan fingerprint density at radius 1 is 1.16 bits per heavy atom. The predicted molar refractivity (Wildman–Crippen MR) is 92.0 cm³/mol. The molecule has 2 amide bonds. The first-order valence-corrected chi connectivity index (χ1v) is 8.40. The Labute approximate surface area is 147 Å². The molecule has 0 aliphatic rings. The van der Waals surface area contributed by atoms with Gasteiger partial charge in [-0.15, -0.1) is 0 Å². The summed E-state index contributed by atoms with van der Waals surface area (Å²) in [5.74, 6) is -1.78. The number of carbonyl (C=O) groups excluding carboxylic acids is 2. The van der Waals surface area contributed by atoms with Gasteiger partial charge in [0.15, 0.2) is 13.1 Å². The summed E-state index contributed by atoms with van der Waals surface area (Å²) in [6.07, 6.45) is 0. The topological polar surface area (TPSA) is 62.6 Å². The van der Waals surface area contributed by atoms with Crippen LogP contribution in [0.3, 0.4) is 0 Å². The van der Waals surface area contributed by atoms with E-state index in [9.17, 15) is 18.4 Å². The van der Waals surface area contributed by atoms with E-state index >= 15 is 0 Å². The van der Waals surface area contributed by atoms with Crippen LogP contribution in [0.4, 0.5) is 8.78 Å². The number of nitrogens with one attached hydrogen (secondary N) is 3. The molecule has 3 N–H and O–H groups in total. The average molecular weight is 356 g/mol. The minimum atomic E-state index is -0.697. The van der Waals surface area contributed by atoms with E-state index in [2.05, 4.69) is 10.6 Å². The molecule has 5 nitrogen and oxygen atoms in total. The third-order valence-corrected chi connectivity index (χ3v) is 3.64. The van der Waals surface area contributed by atoms with Crippen LogP contribution in [0, 0.1) is 11.6 Å². The minimum Gasteiger partial charge on any atom is -0.347 e. The molecule has 1 aromatic carbocycles. The number of rotatable bonds is 7. The first-order valence-electron chi connectivity index (χ1n) is 8.40. The lowest BCUT2D eigenvalue weighted by Crippen LogP contribution is -3.14. The van der Waals surface area contributed by atoms with E-state index in [0.717, 1.165) is 17.0 Å². The molecule has 140 valence electrons. The zero-order valence-corrected chi connectivity index (χ0v) is 15.5. The van der Waals surface area contributed by atoms with Crippen LogP contribution in [0.5, 0.6) is 0 Å². The molecule has 1 aromatic rings. The highest BCUT2D eigenvalue weighted by atomic mass is 19.1. The van der Waals surface area contributed by atoms with Gasteiger partial charge in [0.2, 0.25) is 0 Å². The van der Waals surface area contributed by atoms with E-state index in [1.54, 1.807) is 6.92 Å². The smallest absolute Gasteiger partial charge is 0.275 e. The molecule has 0 aliphatic heterocycles. The quantitative estimate of drug-likeness (QED) is 0.682. The van der Waals surface area contributed by atoms with Crippen molar-refractivity contribution in [1.29, 1.82) is 0 Å². The highest BCUT2D eigenvalue weighted by Gasteiger charge is 2.22. The fraction of sp³-hybridized carbons (Fsp3) is 0.556. The second-order valence-corrected chi connectivity index (χ2v) is 7.21. The summed E-state index contributed by atoms with van der Waals surface area (Å²) in [5, 5.41) is 5.55. The van der Waals surface area contributed by atoms with Gasteiger partial charge in [-0.1, -0.05) is 6.07 Å². The molecule has 0 bridgehead atoms. The molecule has 0 saturated heterocycles. The fourth-order valence-electron chi connectivity index (χ4n) is 2.45. The molecule has 0 fully saturated rings. The molecule has 0 spiro atoms. The third-order valence-electron chi connectivity index (χ3n) is 3.64. The van der Waals surface area contributed by atoms with Gasteiger partial charge in [0, 0.05) is 17.2 Å². The number of quaternary nitrogens is 1. The zero-order valence-electron chi connectivity index (χ0n) is 15.5. The molecule has 0 radical (unpaired) electrons. The fourth-order valence-corrected chi connectivity index (χ4v) is 2.45. The van der Waals surface area contributed by atoms with Crippen LogP contribution < -0.4 is 15.5 Å². The number of likely N-dealkylation sites (N-methyl/N-ethyl adjacent to an activating group) is 1. The molecule has 0 heterocycles. The van der Waals surface area contributed by atoms with Crippen LogP contribution in [0.1, 0.15) is 46.2 Å². The van der Waals surface area contributed by atoms with Gasteiger partial charge in [-0.2, -0.15) is 0 Å². The van der Waals surface area contributed by atoms with E-state index in [1.165, 1.54) is 6.07 Å². The number of carbonyl (C=O) groups is 2. The lowest BCUT2D eigenvalue weighted by molar-refractivity contribution is -0.881. The maximum absolute atomic E-state index is 13.8. The third kappa shape index (κ3) is 7.60. The van der Waals surface area contributed by atoms with Crippen molar-refractivity contribution in [2.45, 2.75) is 46.2 Å². The molecule has 25 heavy (non-hydrogen) atoms. The largest absolute Gasteiger partial charge is 0.347 e. The van der Waals surface area contributed by atoms with Gasteiger partial charge in [0.05, 0.1) is 12.6 Å². The summed E-state index contributed by atoms with van der Waals surface area (Å²) in [7, 11) is 0. The van der Waals surface area contributed by atoms with E-state index in [-0.39, 0.29) is 36.0 Å². The van der Waals surface area contributed by atoms with Crippen molar-refractivity contribution in [2.24, 2.45) is 0 Å². The summed E-state index contributed by atoms with van der Waals surface area (Å²) in [6.45, 7) is 10.1. The Balaban J connectivity index is 2.59. The van der Waals surface area contributed by atoms with E-state index in [0.29, 0.717) is 6.54 Å². The maximum atomic E-state index is 13.8. The Hall–Kier alpha value is -2.02. The number of amides is 2. The van der Waals surface area contributed by atoms with Gasteiger partial charge in [-0.25, -0.2) is 8.78 Å². The molecule has 0 aliphatic carbocycles. The Morgan fingerprint density at radius 3 is 2.28 bits per heavy atom. The van der Waals surface area contributed by atoms with Crippen LogP contribution in [-0.4, -0.2) is 37.0 Å². The summed E-state index contributed by atoms with van der Waals surface area (Å²) in [4.78, 5) is 25.0. The standard InChI is InChI=1S/C18H27F2N3O2/c1-6-23(11-17(25)22-18(3,4)5)10-16(24)21-12(2)14-8-7-13(19)9-15(14)20/h7-9,12H,6,10-11H2,1-5H3,(H,21,24)(H,22,25)/p+1/t12-/m0/s1. The second-order valence-electron chi connectivity index (χ2n) is 7.21. The van der Waals surface area contributed by atoms with Crippen molar-refractivity contribution >= 4 is 11.8 Å². The van der Waals surface area contributed by atoms with Crippen molar-refractivity contribution in [3.8, 4) is 0 Å². The lowest BCUT2D eigenvalue weighted by Gasteiger charge is -2.23. The van der Waals surface area contributed by atoms with Gasteiger partial charge in [-0.05, 0) is 40.7 Å². The first kappa shape index (κ1) is 21.0. The minimum absolute atomic E-state index is 0.0984. The second kappa shape index (κ2) is 8.89. The molecular weight excluding hydrogens is 328 g/mol. The maximum Gasteiger partial charge on any atom is 0.275 e. The van der Waals surface area contributed by atoms with Crippen LogP contribution in [0.15, 0.2) is 18.2 Å². The van der Waals surface area contributed by atoms with Crippen molar-refractivity contribution in [3.63, 3.8) is 0 Å². The van der Waals surface area contributed by atoms with E-state index in [1.807, 2.05) is 27.7 Å². The molecule has 7 heteroatoms. The Kier molecular flexibility index (Phi) is 7.48. The van der Waals surface area contributed by atoms with Gasteiger partial charge >= 0.3 is 0 Å². The predicted octanol–water partition coefficient (Wildman–Crippen LogP) is 0.962. The molecule has 1 rings (SSSR count). The highest BCUT2D eigenvalue weighted by molar-refractivity contribution is 5.79. The van der Waals surface area contributed by atoms with Crippen molar-refractivity contribution < 1.29 is 23.3 Å². The van der Waals surface area contributed by atoms with E-state index in [4.69, 9.17) is 0 Å². The average Bonchev–Trinajstić information content (AvgIpc) is 2.43. The van der Waals surface area contributed by atoms with Gasteiger partial charge in [0.25, 0.3) is 11.8 Å². The summed E-state index contributed by atoms with van der Waals surface area (Å²) in [6, 6.07) is 2.67. The molecule has 2 atom stereocenters. The van der Waals surface area contributed by atoms with Gasteiger partial charge < -0.3 is 15.5 Å². The highest BCUT2D eigenvalue weighted by Crippen LogP contribution is 2.17. The van der Waals surface area contributed by atoms with Crippen LogP contribution >= 0.6 is 0 Å². The van der Waals surface area contributed by atoms with Crippen molar-refractivity contribution in [3.05, 3.63) is 35.4 Å². The molecule has 1 unspecified atom stereocenters. The van der Waals surface area contributed by atoms with Gasteiger partial charge in [-0.3, -0.25) is 9.59 Å². The Bertz CT molecular complexity index is 615. The molecular formula is C18H28F2N3O2+. The lowest BCUT2D eigenvalue weighted by atomic mass is 10.1. The Morgan fingerprint density at radius 2 is 1.76 bits per heavy atom.